The van der Waals surface area contributed by atoms with Crippen molar-refractivity contribution < 1.29 is 13.5 Å². The maximum Gasteiger partial charge on any atom is 0.168 e. The van der Waals surface area contributed by atoms with Crippen LogP contribution in [0.3, 0.4) is 0 Å². The molecule has 0 heterocycles. The van der Waals surface area contributed by atoms with Crippen LogP contribution in [0.25, 0.3) is 0 Å². The monoisotopic (exact) mass is 200 g/mol. The van der Waals surface area contributed by atoms with Crippen molar-refractivity contribution in [3.63, 3.8) is 0 Å². The van der Waals surface area contributed by atoms with Gasteiger partial charge in [0.2, 0.25) is 0 Å². The van der Waals surface area contributed by atoms with Gasteiger partial charge in [0.05, 0.1) is 11.0 Å². The topological polar surface area (TPSA) is 54.4 Å². The van der Waals surface area contributed by atoms with Crippen molar-refractivity contribution >= 4 is 10.7 Å². The Bertz CT molecular complexity index is 330. The predicted molar refractivity (Wildman–Crippen MR) is 50.4 cm³/mol. The van der Waals surface area contributed by atoms with Gasteiger partial charge < -0.3 is 5.11 Å². The van der Waals surface area contributed by atoms with Crippen molar-refractivity contribution in [3.05, 3.63) is 29.8 Å². The summed E-state index contributed by atoms with van der Waals surface area (Å²) in [5, 5.41) is 9.06. The molecule has 0 bridgehead atoms. The van der Waals surface area contributed by atoms with E-state index in [1.54, 1.807) is 31.2 Å². The van der Waals surface area contributed by atoms with Crippen molar-refractivity contribution in [1.82, 2.24) is 0 Å². The number of hydrogen-bond donors (Lipinski definition) is 2. The van der Waals surface area contributed by atoms with Gasteiger partial charge in [-0.15, -0.1) is 0 Å². The highest BCUT2D eigenvalue weighted by Crippen LogP contribution is 2.07. The molecular weight excluding hydrogens is 188 g/mol. The lowest BCUT2D eigenvalue weighted by Gasteiger charge is -2.03. The first-order chi connectivity index (χ1) is 6.09. The van der Waals surface area contributed by atoms with Crippen molar-refractivity contribution in [2.45, 2.75) is 24.3 Å². The van der Waals surface area contributed by atoms with E-state index < -0.39 is 16.8 Å². The van der Waals surface area contributed by atoms with Crippen LogP contribution in [0.2, 0.25) is 0 Å². The molecule has 0 amide bonds. The van der Waals surface area contributed by atoms with Crippen molar-refractivity contribution in [2.24, 2.45) is 0 Å². The Balaban J connectivity index is 2.81. The molecule has 72 valence electrons. The molecule has 0 saturated carbocycles. The molecule has 3 nitrogen and oxygen atoms in total. The highest BCUT2D eigenvalue weighted by atomic mass is 32.2. The lowest BCUT2D eigenvalue weighted by Crippen LogP contribution is -2.03. The molecule has 1 unspecified atom stereocenters. The summed E-state index contributed by atoms with van der Waals surface area (Å²) in [5.74, 6) is 0. The number of rotatable bonds is 3. The third kappa shape index (κ3) is 3.16. The second-order valence-corrected chi connectivity index (χ2v) is 4.01. The first kappa shape index (κ1) is 10.2. The smallest absolute Gasteiger partial charge is 0.168 e. The Morgan fingerprint density at radius 2 is 1.85 bits per heavy atom. The Morgan fingerprint density at radius 3 is 2.23 bits per heavy atom. The molecule has 1 N–H and O–H groups in total. The maximum absolute atomic E-state index is 10.5. The zero-order valence-corrected chi connectivity index (χ0v) is 8.20. The Labute approximate surface area is 79.0 Å². The van der Waals surface area contributed by atoms with Crippen LogP contribution in [0.5, 0.6) is 0 Å². The molecule has 0 saturated heterocycles. The van der Waals surface area contributed by atoms with Gasteiger partial charge in [-0.05, 0) is 31.0 Å². The van der Waals surface area contributed by atoms with E-state index in [1.807, 2.05) is 0 Å². The van der Waals surface area contributed by atoms with Crippen molar-refractivity contribution in [3.8, 4) is 0 Å². The molecule has 0 aliphatic carbocycles. The molecule has 13 heavy (non-hydrogen) atoms. The summed E-state index contributed by atoms with van der Waals surface area (Å²) in [6.07, 6.45) is 0.155. The SMILES string of the molecule is CC(O)Cc1ccc([SH](=O)=O)cc1. The normalized spacial score (nSPS) is 13.2. The molecule has 0 aromatic heterocycles. The Hall–Kier alpha value is -0.870. The molecule has 4 heteroatoms. The van der Waals surface area contributed by atoms with E-state index in [2.05, 4.69) is 0 Å². The molecule has 1 rings (SSSR count). The first-order valence-electron chi connectivity index (χ1n) is 4.01. The zero-order chi connectivity index (χ0) is 9.84. The summed E-state index contributed by atoms with van der Waals surface area (Å²) in [5.41, 5.74) is 0.940. The van der Waals surface area contributed by atoms with Gasteiger partial charge in [-0.25, -0.2) is 8.42 Å². The fourth-order valence-electron chi connectivity index (χ4n) is 1.09. The van der Waals surface area contributed by atoms with Gasteiger partial charge in [-0.3, -0.25) is 0 Å². The molecule has 1 atom stereocenters. The molecule has 0 aliphatic heterocycles. The summed E-state index contributed by atoms with van der Waals surface area (Å²) >= 11 is 0. The van der Waals surface area contributed by atoms with Gasteiger partial charge in [0.15, 0.2) is 10.7 Å². The van der Waals surface area contributed by atoms with Gasteiger partial charge in [-0.2, -0.15) is 0 Å². The average Bonchev–Trinajstić information content (AvgIpc) is 2.04. The summed E-state index contributed by atoms with van der Waals surface area (Å²) < 4.78 is 21.0. The molecule has 1 aromatic carbocycles. The van der Waals surface area contributed by atoms with Gasteiger partial charge in [0.25, 0.3) is 0 Å². The molecule has 0 radical (unpaired) electrons. The Morgan fingerprint density at radius 1 is 1.31 bits per heavy atom. The predicted octanol–water partition coefficient (Wildman–Crippen LogP) is 0.580. The van der Waals surface area contributed by atoms with Crippen LogP contribution in [0.4, 0.5) is 0 Å². The van der Waals surface area contributed by atoms with E-state index in [0.29, 0.717) is 11.3 Å². The molecule has 0 fully saturated rings. The first-order valence-corrected chi connectivity index (χ1v) is 5.18. The van der Waals surface area contributed by atoms with E-state index >= 15 is 0 Å². The second kappa shape index (κ2) is 4.39. The molecular formula is C9H12O3S. The number of benzene rings is 1. The minimum Gasteiger partial charge on any atom is -0.393 e. The Kier molecular flexibility index (Phi) is 3.45. The van der Waals surface area contributed by atoms with Gasteiger partial charge in [0.1, 0.15) is 0 Å². The highest BCUT2D eigenvalue weighted by molar-refractivity contribution is 7.72. The fourth-order valence-corrected chi connectivity index (χ4v) is 1.49. The molecule has 1 aromatic rings. The molecule has 0 spiro atoms. The zero-order valence-electron chi connectivity index (χ0n) is 7.30. The number of thiol groups is 1. The van der Waals surface area contributed by atoms with Crippen molar-refractivity contribution in [2.75, 3.05) is 0 Å². The van der Waals surface area contributed by atoms with Gasteiger partial charge >= 0.3 is 0 Å². The minimum absolute atomic E-state index is 0.310. The van der Waals surface area contributed by atoms with E-state index in [1.165, 1.54) is 0 Å². The maximum atomic E-state index is 10.5. The standard InChI is InChI=1S/C9H12O3S/c1-7(10)6-8-2-4-9(5-3-8)13(11)12/h2-5,7,10,13H,6H2,1H3. The van der Waals surface area contributed by atoms with Gasteiger partial charge in [0, 0.05) is 0 Å². The number of aliphatic hydroxyl groups is 1. The van der Waals surface area contributed by atoms with Crippen LogP contribution in [0, 0.1) is 0 Å². The van der Waals surface area contributed by atoms with E-state index in [0.717, 1.165) is 5.56 Å². The number of aliphatic hydroxyl groups excluding tert-OH is 1. The second-order valence-electron chi connectivity index (χ2n) is 2.98. The van der Waals surface area contributed by atoms with E-state index in [9.17, 15) is 8.42 Å². The summed E-state index contributed by atoms with van der Waals surface area (Å²) in [4.78, 5) is 0.310. The fraction of sp³-hybridized carbons (Fsp3) is 0.333. The van der Waals surface area contributed by atoms with E-state index in [4.69, 9.17) is 5.11 Å². The van der Waals surface area contributed by atoms with Crippen LogP contribution >= 0.6 is 0 Å². The van der Waals surface area contributed by atoms with Crippen LogP contribution in [-0.2, 0) is 17.1 Å². The van der Waals surface area contributed by atoms with Crippen molar-refractivity contribution in [1.29, 1.82) is 0 Å². The molecule has 0 aliphatic rings. The lowest BCUT2D eigenvalue weighted by molar-refractivity contribution is 0.195. The summed E-state index contributed by atoms with van der Waals surface area (Å²) in [6, 6.07) is 6.52. The average molecular weight is 200 g/mol. The largest absolute Gasteiger partial charge is 0.393 e. The minimum atomic E-state index is -2.49. The third-order valence-corrected chi connectivity index (χ3v) is 2.40. The quantitative estimate of drug-likeness (QED) is 0.702. The van der Waals surface area contributed by atoms with Crippen LogP contribution in [0.1, 0.15) is 12.5 Å². The summed E-state index contributed by atoms with van der Waals surface area (Å²) in [7, 11) is -2.49. The van der Waals surface area contributed by atoms with Crippen LogP contribution in [0.15, 0.2) is 29.2 Å². The lowest BCUT2D eigenvalue weighted by atomic mass is 10.1. The highest BCUT2D eigenvalue weighted by Gasteiger charge is 1.99. The van der Waals surface area contributed by atoms with Crippen LogP contribution in [-0.4, -0.2) is 19.6 Å². The van der Waals surface area contributed by atoms with Crippen LogP contribution < -0.4 is 0 Å². The third-order valence-electron chi connectivity index (χ3n) is 1.68. The van der Waals surface area contributed by atoms with Gasteiger partial charge in [-0.1, -0.05) is 12.1 Å². The van der Waals surface area contributed by atoms with E-state index in [-0.39, 0.29) is 0 Å². The summed E-state index contributed by atoms with van der Waals surface area (Å²) in [6.45, 7) is 1.70. The number of hydrogen-bond acceptors (Lipinski definition) is 3.